The highest BCUT2D eigenvalue weighted by Gasteiger charge is 2.25. The summed E-state index contributed by atoms with van der Waals surface area (Å²) in [6.07, 6.45) is 0.742. The van der Waals surface area contributed by atoms with Crippen LogP contribution in [0.25, 0.3) is 0 Å². The Morgan fingerprint density at radius 1 is 1.31 bits per heavy atom. The molecule has 16 heavy (non-hydrogen) atoms. The summed E-state index contributed by atoms with van der Waals surface area (Å²) < 4.78 is 0. The standard InChI is InChI=1S/C13H19N2O/c1-5-10-6-8-11(9-7-10)15(12(14)16)13(2,3)4/h6-9H,1,5H2,2-4H3,(H2,14,16). The van der Waals surface area contributed by atoms with Gasteiger partial charge in [0.1, 0.15) is 0 Å². The minimum atomic E-state index is -0.435. The summed E-state index contributed by atoms with van der Waals surface area (Å²) in [6, 6.07) is 7.29. The van der Waals surface area contributed by atoms with Crippen LogP contribution in [0.5, 0.6) is 0 Å². The van der Waals surface area contributed by atoms with Gasteiger partial charge in [0.2, 0.25) is 0 Å². The van der Waals surface area contributed by atoms with Crippen LogP contribution >= 0.6 is 0 Å². The number of benzene rings is 1. The van der Waals surface area contributed by atoms with E-state index in [0.29, 0.717) is 0 Å². The Morgan fingerprint density at radius 2 is 1.81 bits per heavy atom. The normalized spacial score (nSPS) is 11.2. The molecule has 0 saturated carbocycles. The van der Waals surface area contributed by atoms with E-state index in [2.05, 4.69) is 6.92 Å². The van der Waals surface area contributed by atoms with E-state index in [1.807, 2.05) is 45.0 Å². The zero-order valence-corrected chi connectivity index (χ0v) is 10.2. The quantitative estimate of drug-likeness (QED) is 0.816. The van der Waals surface area contributed by atoms with Crippen molar-refractivity contribution in [2.45, 2.75) is 32.7 Å². The molecule has 0 saturated heterocycles. The molecule has 1 aromatic carbocycles. The highest BCUT2D eigenvalue weighted by Crippen LogP contribution is 2.23. The fourth-order valence-electron chi connectivity index (χ4n) is 1.66. The van der Waals surface area contributed by atoms with E-state index in [1.54, 1.807) is 4.90 Å². The molecule has 2 amide bonds. The number of carbonyl (C=O) groups excluding carboxylic acids is 1. The smallest absolute Gasteiger partial charge is 0.319 e. The Balaban J connectivity index is 3.07. The molecule has 87 valence electrons. The van der Waals surface area contributed by atoms with Gasteiger partial charge in [-0.3, -0.25) is 4.90 Å². The molecule has 2 N–H and O–H groups in total. The molecule has 0 bridgehead atoms. The third-order valence-electron chi connectivity index (χ3n) is 2.37. The van der Waals surface area contributed by atoms with Crippen molar-refractivity contribution in [2.24, 2.45) is 5.73 Å². The molecule has 0 aliphatic rings. The first-order chi connectivity index (χ1) is 7.36. The van der Waals surface area contributed by atoms with Crippen LogP contribution in [-0.2, 0) is 6.42 Å². The number of amides is 2. The highest BCUT2D eigenvalue weighted by molar-refractivity contribution is 5.92. The summed E-state index contributed by atoms with van der Waals surface area (Å²) >= 11 is 0. The maximum absolute atomic E-state index is 11.4. The van der Waals surface area contributed by atoms with Gasteiger partial charge in [-0.25, -0.2) is 4.79 Å². The van der Waals surface area contributed by atoms with E-state index in [0.717, 1.165) is 17.7 Å². The van der Waals surface area contributed by atoms with Gasteiger partial charge < -0.3 is 5.73 Å². The Morgan fingerprint density at radius 3 is 2.12 bits per heavy atom. The van der Waals surface area contributed by atoms with Gasteiger partial charge in [-0.15, -0.1) is 0 Å². The summed E-state index contributed by atoms with van der Waals surface area (Å²) in [5.41, 5.74) is 7.04. The summed E-state index contributed by atoms with van der Waals surface area (Å²) in [5.74, 6) is 0. The number of rotatable bonds is 2. The maximum atomic E-state index is 11.4. The van der Waals surface area contributed by atoms with Gasteiger partial charge in [-0.05, 0) is 51.8 Å². The molecule has 0 aliphatic heterocycles. The molecule has 0 aliphatic carbocycles. The fraction of sp³-hybridized carbons (Fsp3) is 0.385. The van der Waals surface area contributed by atoms with Crippen molar-refractivity contribution in [1.82, 2.24) is 0 Å². The Labute approximate surface area is 97.2 Å². The zero-order valence-electron chi connectivity index (χ0n) is 10.2. The number of anilines is 1. The van der Waals surface area contributed by atoms with Gasteiger partial charge in [0.15, 0.2) is 0 Å². The topological polar surface area (TPSA) is 46.3 Å². The largest absolute Gasteiger partial charge is 0.351 e. The van der Waals surface area contributed by atoms with Gasteiger partial charge >= 0.3 is 6.03 Å². The van der Waals surface area contributed by atoms with E-state index in [-0.39, 0.29) is 5.54 Å². The molecular weight excluding hydrogens is 200 g/mol. The van der Waals surface area contributed by atoms with Crippen molar-refractivity contribution >= 4 is 11.7 Å². The molecule has 3 nitrogen and oxygen atoms in total. The SMILES string of the molecule is [CH2]Cc1ccc(N(C(N)=O)C(C)(C)C)cc1. The molecule has 1 aromatic rings. The predicted molar refractivity (Wildman–Crippen MR) is 67.3 cm³/mol. The lowest BCUT2D eigenvalue weighted by Crippen LogP contribution is -2.48. The Bertz CT molecular complexity index is 363. The van der Waals surface area contributed by atoms with Crippen LogP contribution < -0.4 is 10.6 Å². The van der Waals surface area contributed by atoms with Crippen LogP contribution in [0.4, 0.5) is 10.5 Å². The third-order valence-corrected chi connectivity index (χ3v) is 2.37. The van der Waals surface area contributed by atoms with Gasteiger partial charge in [-0.1, -0.05) is 12.1 Å². The summed E-state index contributed by atoms with van der Waals surface area (Å²) in [5, 5.41) is 0. The van der Waals surface area contributed by atoms with Crippen LogP contribution in [0.2, 0.25) is 0 Å². The molecule has 0 aromatic heterocycles. The summed E-state index contributed by atoms with van der Waals surface area (Å²) in [4.78, 5) is 13.0. The molecule has 0 atom stereocenters. The van der Waals surface area contributed by atoms with Crippen LogP contribution in [0, 0.1) is 6.92 Å². The number of hydrogen-bond acceptors (Lipinski definition) is 1. The molecule has 0 unspecified atom stereocenters. The average molecular weight is 219 g/mol. The number of primary amides is 1. The van der Waals surface area contributed by atoms with Crippen LogP contribution in [0.3, 0.4) is 0 Å². The lowest BCUT2D eigenvalue weighted by atomic mass is 10.0. The van der Waals surface area contributed by atoms with Crippen molar-refractivity contribution < 1.29 is 4.79 Å². The van der Waals surface area contributed by atoms with E-state index in [9.17, 15) is 4.79 Å². The Hall–Kier alpha value is -1.51. The lowest BCUT2D eigenvalue weighted by molar-refractivity contribution is 0.249. The second kappa shape index (κ2) is 4.56. The van der Waals surface area contributed by atoms with Crippen molar-refractivity contribution in [3.05, 3.63) is 36.8 Å². The third kappa shape index (κ3) is 2.75. The molecular formula is C13H19N2O. The summed E-state index contributed by atoms with van der Waals surface area (Å²) in [6.45, 7) is 9.66. The number of nitrogens with two attached hydrogens (primary N) is 1. The molecule has 3 heteroatoms. The molecule has 0 spiro atoms. The first kappa shape index (κ1) is 12.6. The first-order valence-electron chi connectivity index (χ1n) is 5.34. The van der Waals surface area contributed by atoms with Crippen molar-refractivity contribution in [3.63, 3.8) is 0 Å². The van der Waals surface area contributed by atoms with Crippen molar-refractivity contribution in [1.29, 1.82) is 0 Å². The van der Waals surface area contributed by atoms with Crippen LogP contribution in [0.15, 0.2) is 24.3 Å². The fourth-order valence-corrected chi connectivity index (χ4v) is 1.66. The minimum Gasteiger partial charge on any atom is -0.351 e. The van der Waals surface area contributed by atoms with Crippen molar-refractivity contribution in [3.8, 4) is 0 Å². The second-order valence-corrected chi connectivity index (χ2v) is 4.76. The Kier molecular flexibility index (Phi) is 3.58. The van der Waals surface area contributed by atoms with Crippen molar-refractivity contribution in [2.75, 3.05) is 4.90 Å². The lowest BCUT2D eigenvalue weighted by Gasteiger charge is -2.34. The van der Waals surface area contributed by atoms with Crippen LogP contribution in [-0.4, -0.2) is 11.6 Å². The van der Waals surface area contributed by atoms with Gasteiger partial charge in [0.25, 0.3) is 0 Å². The zero-order chi connectivity index (χ0) is 12.3. The molecule has 1 radical (unpaired) electrons. The number of carbonyl (C=O) groups is 1. The first-order valence-corrected chi connectivity index (χ1v) is 5.34. The number of nitrogens with zero attached hydrogens (tertiary/aromatic N) is 1. The van der Waals surface area contributed by atoms with Crippen LogP contribution in [0.1, 0.15) is 26.3 Å². The number of hydrogen-bond donors (Lipinski definition) is 1. The molecule has 0 heterocycles. The molecule has 0 fully saturated rings. The number of urea groups is 1. The van der Waals surface area contributed by atoms with E-state index >= 15 is 0 Å². The molecule has 1 rings (SSSR count). The predicted octanol–water partition coefficient (Wildman–Crippen LogP) is 2.75. The van der Waals surface area contributed by atoms with E-state index < -0.39 is 6.03 Å². The van der Waals surface area contributed by atoms with Gasteiger partial charge in [0.05, 0.1) is 0 Å². The second-order valence-electron chi connectivity index (χ2n) is 4.76. The monoisotopic (exact) mass is 219 g/mol. The maximum Gasteiger partial charge on any atom is 0.319 e. The van der Waals surface area contributed by atoms with Gasteiger partial charge in [0, 0.05) is 11.2 Å². The average Bonchev–Trinajstić information content (AvgIpc) is 2.16. The van der Waals surface area contributed by atoms with Gasteiger partial charge in [-0.2, -0.15) is 0 Å². The van der Waals surface area contributed by atoms with E-state index in [1.165, 1.54) is 0 Å². The van der Waals surface area contributed by atoms with E-state index in [4.69, 9.17) is 5.73 Å². The minimum absolute atomic E-state index is 0.322. The summed E-state index contributed by atoms with van der Waals surface area (Å²) in [7, 11) is 0. The highest BCUT2D eigenvalue weighted by atomic mass is 16.2.